The molecule has 4 aromatic rings. The van der Waals surface area contributed by atoms with Crippen molar-refractivity contribution in [3.05, 3.63) is 89.1 Å². The minimum atomic E-state index is -4.77. The highest BCUT2D eigenvalue weighted by atomic mass is 32.1. The van der Waals surface area contributed by atoms with Crippen LogP contribution in [0.25, 0.3) is 10.9 Å². The summed E-state index contributed by atoms with van der Waals surface area (Å²) < 4.78 is 42.8. The van der Waals surface area contributed by atoms with Crippen LogP contribution in [0.15, 0.2) is 71.8 Å². The van der Waals surface area contributed by atoms with E-state index in [-0.39, 0.29) is 11.5 Å². The van der Waals surface area contributed by atoms with Gasteiger partial charge in [-0.25, -0.2) is 0 Å². The molecule has 7 nitrogen and oxygen atoms in total. The van der Waals surface area contributed by atoms with Crippen molar-refractivity contribution in [1.82, 2.24) is 15.2 Å². The van der Waals surface area contributed by atoms with E-state index in [4.69, 9.17) is 17.6 Å². The molecule has 0 unspecified atom stereocenters. The number of nitrogens with zero attached hydrogens (tertiary/aromatic N) is 3. The van der Waals surface area contributed by atoms with Gasteiger partial charge in [-0.3, -0.25) is 15.5 Å². The molecule has 0 aliphatic heterocycles. The summed E-state index contributed by atoms with van der Waals surface area (Å²) in [6.07, 6.45) is -3.15. The summed E-state index contributed by atoms with van der Waals surface area (Å²) >= 11 is 5.37. The topological polar surface area (TPSA) is 87.3 Å². The largest absolute Gasteiger partial charge is 0.573 e. The van der Waals surface area contributed by atoms with Gasteiger partial charge in [0.2, 0.25) is 0 Å². The van der Waals surface area contributed by atoms with Crippen LogP contribution >= 0.6 is 12.2 Å². The Morgan fingerprint density at radius 2 is 1.82 bits per heavy atom. The number of hydrogen-bond donors (Lipinski definition) is 3. The third-order valence-corrected chi connectivity index (χ3v) is 5.89. The number of ether oxygens (including phenoxy) is 1. The number of benzene rings is 3. The van der Waals surface area contributed by atoms with Crippen LogP contribution in [0.1, 0.15) is 42.1 Å². The Bertz CT molecular complexity index is 1510. The zero-order valence-electron chi connectivity index (χ0n) is 20.8. The summed E-state index contributed by atoms with van der Waals surface area (Å²) in [6.45, 7) is 4.22. The predicted octanol–water partition coefficient (Wildman–Crippen LogP) is 6.33. The number of alkyl halides is 3. The molecular formula is C27H25F3N6OS. The molecule has 0 aliphatic rings. The fourth-order valence-electron chi connectivity index (χ4n) is 3.93. The smallest absolute Gasteiger partial charge is 0.406 e. The van der Waals surface area contributed by atoms with Crippen LogP contribution in [-0.2, 0) is 7.05 Å². The van der Waals surface area contributed by atoms with E-state index in [1.54, 1.807) is 17.9 Å². The average Bonchev–Trinajstić information content (AvgIpc) is 3.19. The maximum Gasteiger partial charge on any atom is 0.573 e. The maximum absolute atomic E-state index is 12.4. The van der Waals surface area contributed by atoms with E-state index >= 15 is 0 Å². The number of thiocarbonyl (C=S) groups is 1. The summed E-state index contributed by atoms with van der Waals surface area (Å²) in [5, 5.41) is 21.5. The Hall–Kier alpha value is -4.25. The number of nitrogens with one attached hydrogen (secondary N) is 3. The third-order valence-electron chi connectivity index (χ3n) is 5.70. The van der Waals surface area contributed by atoms with Crippen LogP contribution < -0.4 is 15.5 Å². The van der Waals surface area contributed by atoms with Gasteiger partial charge in [0.15, 0.2) is 5.11 Å². The predicted molar refractivity (Wildman–Crippen MR) is 147 cm³/mol. The maximum atomic E-state index is 12.4. The van der Waals surface area contributed by atoms with E-state index in [1.165, 1.54) is 24.3 Å². The second-order valence-corrected chi connectivity index (χ2v) is 9.17. The number of rotatable bonds is 7. The van der Waals surface area contributed by atoms with E-state index in [9.17, 15) is 13.2 Å². The molecule has 0 radical (unpaired) electrons. The summed E-state index contributed by atoms with van der Waals surface area (Å²) in [5.74, 6) is -0.0129. The van der Waals surface area contributed by atoms with Crippen molar-refractivity contribution in [3.63, 3.8) is 0 Å². The summed E-state index contributed by atoms with van der Waals surface area (Å²) in [5.41, 5.74) is 7.33. The van der Waals surface area contributed by atoms with Gasteiger partial charge >= 0.3 is 6.36 Å². The van der Waals surface area contributed by atoms with Crippen molar-refractivity contribution >= 4 is 45.8 Å². The molecule has 1 heterocycles. The highest BCUT2D eigenvalue weighted by molar-refractivity contribution is 7.80. The minimum Gasteiger partial charge on any atom is -0.406 e. The lowest BCUT2D eigenvalue weighted by molar-refractivity contribution is -0.274. The molecule has 0 aliphatic carbocycles. The Kier molecular flexibility index (Phi) is 7.77. The van der Waals surface area contributed by atoms with Crippen LogP contribution in [0.3, 0.4) is 0 Å². The number of hydrogen-bond acceptors (Lipinski definition) is 5. The van der Waals surface area contributed by atoms with Crippen molar-refractivity contribution in [2.75, 3.05) is 5.32 Å². The van der Waals surface area contributed by atoms with Crippen molar-refractivity contribution < 1.29 is 17.9 Å². The molecule has 0 spiro atoms. The van der Waals surface area contributed by atoms with E-state index in [1.807, 2.05) is 42.5 Å². The number of aromatic nitrogens is 2. The normalized spacial score (nSPS) is 11.8. The first kappa shape index (κ1) is 26.8. The molecule has 0 amide bonds. The van der Waals surface area contributed by atoms with Gasteiger partial charge in [0.05, 0.1) is 17.4 Å². The molecule has 0 bridgehead atoms. The number of aryl methyl sites for hydroxylation is 1. The molecule has 11 heteroatoms. The molecule has 3 N–H and O–H groups in total. The number of fused-ring (bicyclic) bond motifs is 1. The lowest BCUT2D eigenvalue weighted by Crippen LogP contribution is -2.24. The minimum absolute atomic E-state index is 0.0790. The molecule has 0 atom stereocenters. The van der Waals surface area contributed by atoms with Gasteiger partial charge in [-0.05, 0) is 71.7 Å². The average molecular weight is 539 g/mol. The first-order valence-corrected chi connectivity index (χ1v) is 12.0. The van der Waals surface area contributed by atoms with E-state index in [0.717, 1.165) is 27.7 Å². The molecular weight excluding hydrogens is 513 g/mol. The lowest BCUT2D eigenvalue weighted by Gasteiger charge is -2.14. The SMILES string of the molecule is CC(C)c1ccccc1NC(=S)NN=Cc1ccc2c(C(=N)c3ccc(OC(F)(F)F)cc3)nn(C)c2c1. The molecule has 0 saturated carbocycles. The number of anilines is 1. The molecule has 0 saturated heterocycles. The Balaban J connectivity index is 1.46. The summed E-state index contributed by atoms with van der Waals surface area (Å²) in [6, 6.07) is 18.6. The van der Waals surface area contributed by atoms with Gasteiger partial charge in [0, 0.05) is 23.7 Å². The summed E-state index contributed by atoms with van der Waals surface area (Å²) in [7, 11) is 1.75. The second-order valence-electron chi connectivity index (χ2n) is 8.76. The molecule has 4 rings (SSSR count). The van der Waals surface area contributed by atoms with Crippen molar-refractivity contribution in [2.45, 2.75) is 26.1 Å². The monoisotopic (exact) mass is 538 g/mol. The Labute approximate surface area is 222 Å². The quantitative estimate of drug-likeness (QED) is 0.145. The standard InChI is InChI=1S/C27H25F3N6OS/c1-16(2)20-6-4-5-7-22(20)33-26(38)34-32-15-17-8-13-21-23(14-17)36(3)35-25(21)24(31)18-9-11-19(12-10-18)37-27(28,29)30/h4-16,31H,1-3H3,(H2,33,34,38). The van der Waals surface area contributed by atoms with Crippen LogP contribution in [0.5, 0.6) is 5.75 Å². The highest BCUT2D eigenvalue weighted by Crippen LogP contribution is 2.26. The van der Waals surface area contributed by atoms with Gasteiger partial charge in [-0.2, -0.15) is 10.2 Å². The van der Waals surface area contributed by atoms with E-state index in [2.05, 4.69) is 39.5 Å². The van der Waals surface area contributed by atoms with Crippen LogP contribution in [0, 0.1) is 5.41 Å². The van der Waals surface area contributed by atoms with Gasteiger partial charge in [-0.15, -0.1) is 13.2 Å². The summed E-state index contributed by atoms with van der Waals surface area (Å²) in [4.78, 5) is 0. The zero-order valence-corrected chi connectivity index (χ0v) is 21.6. The van der Waals surface area contributed by atoms with Gasteiger partial charge in [-0.1, -0.05) is 38.1 Å². The third kappa shape index (κ3) is 6.35. The Morgan fingerprint density at radius 3 is 2.50 bits per heavy atom. The van der Waals surface area contributed by atoms with E-state index in [0.29, 0.717) is 22.3 Å². The van der Waals surface area contributed by atoms with Crippen LogP contribution in [-0.4, -0.2) is 33.2 Å². The zero-order chi connectivity index (χ0) is 27.4. The molecule has 1 aromatic heterocycles. The molecule has 196 valence electrons. The molecule has 3 aromatic carbocycles. The fourth-order valence-corrected chi connectivity index (χ4v) is 4.09. The molecule has 0 fully saturated rings. The van der Waals surface area contributed by atoms with Crippen molar-refractivity contribution in [3.8, 4) is 5.75 Å². The number of hydrazone groups is 1. The lowest BCUT2D eigenvalue weighted by atomic mass is 10.0. The fraction of sp³-hybridized carbons (Fsp3) is 0.185. The molecule has 38 heavy (non-hydrogen) atoms. The first-order valence-electron chi connectivity index (χ1n) is 11.6. The number of para-hydroxylation sites is 1. The van der Waals surface area contributed by atoms with Gasteiger partial charge in [0.1, 0.15) is 11.4 Å². The highest BCUT2D eigenvalue weighted by Gasteiger charge is 2.31. The Morgan fingerprint density at radius 1 is 1.11 bits per heavy atom. The van der Waals surface area contributed by atoms with Crippen molar-refractivity contribution in [2.24, 2.45) is 12.1 Å². The first-order chi connectivity index (χ1) is 18.0. The van der Waals surface area contributed by atoms with E-state index < -0.39 is 6.36 Å². The van der Waals surface area contributed by atoms with Gasteiger partial charge in [0.25, 0.3) is 0 Å². The van der Waals surface area contributed by atoms with Crippen LogP contribution in [0.2, 0.25) is 0 Å². The van der Waals surface area contributed by atoms with Crippen molar-refractivity contribution in [1.29, 1.82) is 5.41 Å². The second kappa shape index (κ2) is 11.0. The van der Waals surface area contributed by atoms with Crippen LogP contribution in [0.4, 0.5) is 18.9 Å². The number of halogens is 3. The van der Waals surface area contributed by atoms with Gasteiger partial charge < -0.3 is 10.1 Å².